The Kier molecular flexibility index (Phi) is 6.77. The maximum atomic E-state index is 13.2. The third-order valence-corrected chi connectivity index (χ3v) is 7.22. The molecular formula is C22H26N2O5S. The van der Waals surface area contributed by atoms with Crippen LogP contribution >= 0.6 is 0 Å². The molecule has 1 aliphatic rings. The summed E-state index contributed by atoms with van der Waals surface area (Å²) in [5, 5.41) is 0. The fraction of sp³-hybridized carbons (Fsp3) is 0.364. The van der Waals surface area contributed by atoms with Crippen molar-refractivity contribution in [3.63, 3.8) is 0 Å². The standard InChI is InChI=1S/C22H26N2O5S/c1-3-24(19-9-5-4-6-10-19)30(27,28)20-11-7-8-18(16-20)21(25)23-14-12-17(13-15-23)22(26)29-2/h4-11,16-17H,3,12-15H2,1-2H3. The maximum absolute atomic E-state index is 13.2. The van der Waals surface area contributed by atoms with E-state index in [1.807, 2.05) is 6.07 Å². The van der Waals surface area contributed by atoms with Crippen molar-refractivity contribution in [3.05, 3.63) is 60.2 Å². The van der Waals surface area contributed by atoms with Gasteiger partial charge in [0, 0.05) is 25.2 Å². The summed E-state index contributed by atoms with van der Waals surface area (Å²) in [5.41, 5.74) is 0.887. The molecule has 0 N–H and O–H groups in total. The number of methoxy groups -OCH3 is 1. The lowest BCUT2D eigenvalue weighted by molar-refractivity contribution is -0.146. The number of amides is 1. The Bertz CT molecular complexity index is 999. The van der Waals surface area contributed by atoms with Gasteiger partial charge in [0.15, 0.2) is 0 Å². The fourth-order valence-corrected chi connectivity index (χ4v) is 5.19. The van der Waals surface area contributed by atoms with Crippen LogP contribution in [0.4, 0.5) is 5.69 Å². The van der Waals surface area contributed by atoms with Crippen molar-refractivity contribution in [2.24, 2.45) is 5.92 Å². The van der Waals surface area contributed by atoms with E-state index < -0.39 is 10.0 Å². The molecule has 0 atom stereocenters. The number of hydrogen-bond donors (Lipinski definition) is 0. The number of benzene rings is 2. The van der Waals surface area contributed by atoms with E-state index in [1.54, 1.807) is 48.2 Å². The van der Waals surface area contributed by atoms with E-state index in [0.29, 0.717) is 37.2 Å². The highest BCUT2D eigenvalue weighted by Gasteiger charge is 2.29. The lowest BCUT2D eigenvalue weighted by atomic mass is 9.96. The predicted octanol–water partition coefficient (Wildman–Crippen LogP) is 2.93. The van der Waals surface area contributed by atoms with Crippen molar-refractivity contribution in [2.75, 3.05) is 31.0 Å². The largest absolute Gasteiger partial charge is 0.469 e. The first kappa shape index (κ1) is 21.8. The minimum absolute atomic E-state index is 0.0727. The molecule has 7 nitrogen and oxygen atoms in total. The van der Waals surface area contributed by atoms with Crippen molar-refractivity contribution in [1.82, 2.24) is 4.90 Å². The number of carbonyl (C=O) groups is 2. The molecule has 2 aromatic carbocycles. The second kappa shape index (κ2) is 9.30. The topological polar surface area (TPSA) is 84.0 Å². The number of carbonyl (C=O) groups excluding carboxylic acids is 2. The highest BCUT2D eigenvalue weighted by Crippen LogP contribution is 2.25. The number of piperidine rings is 1. The van der Waals surface area contributed by atoms with E-state index >= 15 is 0 Å². The molecule has 30 heavy (non-hydrogen) atoms. The highest BCUT2D eigenvalue weighted by molar-refractivity contribution is 7.92. The first-order chi connectivity index (χ1) is 14.4. The van der Waals surface area contributed by atoms with Crippen LogP contribution in [0.3, 0.4) is 0 Å². The van der Waals surface area contributed by atoms with Crippen LogP contribution in [0, 0.1) is 5.92 Å². The van der Waals surface area contributed by atoms with E-state index in [-0.39, 0.29) is 29.2 Å². The molecule has 2 aromatic rings. The van der Waals surface area contributed by atoms with Crippen molar-refractivity contribution in [1.29, 1.82) is 0 Å². The number of para-hydroxylation sites is 1. The summed E-state index contributed by atoms with van der Waals surface area (Å²) in [6.45, 7) is 2.90. The summed E-state index contributed by atoms with van der Waals surface area (Å²) in [7, 11) is -2.45. The van der Waals surface area contributed by atoms with Crippen LogP contribution in [0.2, 0.25) is 0 Å². The Balaban J connectivity index is 1.80. The van der Waals surface area contributed by atoms with E-state index in [1.165, 1.54) is 23.5 Å². The van der Waals surface area contributed by atoms with Crippen LogP contribution in [0.1, 0.15) is 30.1 Å². The predicted molar refractivity (Wildman–Crippen MR) is 114 cm³/mol. The zero-order valence-electron chi connectivity index (χ0n) is 17.2. The lowest BCUT2D eigenvalue weighted by Gasteiger charge is -2.31. The molecule has 3 rings (SSSR count). The quantitative estimate of drug-likeness (QED) is 0.658. The van der Waals surface area contributed by atoms with Crippen LogP contribution < -0.4 is 4.31 Å². The third kappa shape index (κ3) is 4.48. The molecule has 1 fully saturated rings. The number of anilines is 1. The van der Waals surface area contributed by atoms with Crippen LogP contribution in [0.25, 0.3) is 0 Å². The monoisotopic (exact) mass is 430 g/mol. The van der Waals surface area contributed by atoms with Crippen molar-refractivity contribution in [2.45, 2.75) is 24.7 Å². The van der Waals surface area contributed by atoms with Crippen molar-refractivity contribution >= 4 is 27.6 Å². The van der Waals surface area contributed by atoms with Crippen LogP contribution in [0.15, 0.2) is 59.5 Å². The zero-order chi connectivity index (χ0) is 21.7. The van der Waals surface area contributed by atoms with Crippen LogP contribution in [0.5, 0.6) is 0 Å². The smallest absolute Gasteiger partial charge is 0.308 e. The molecule has 0 unspecified atom stereocenters. The van der Waals surface area contributed by atoms with Gasteiger partial charge in [-0.05, 0) is 50.1 Å². The Morgan fingerprint density at radius 2 is 1.73 bits per heavy atom. The minimum Gasteiger partial charge on any atom is -0.469 e. The van der Waals surface area contributed by atoms with Gasteiger partial charge in [-0.3, -0.25) is 13.9 Å². The molecular weight excluding hydrogens is 404 g/mol. The van der Waals surface area contributed by atoms with Gasteiger partial charge < -0.3 is 9.64 Å². The van der Waals surface area contributed by atoms with Gasteiger partial charge in [-0.15, -0.1) is 0 Å². The van der Waals surface area contributed by atoms with Gasteiger partial charge in [-0.2, -0.15) is 0 Å². The lowest BCUT2D eigenvalue weighted by Crippen LogP contribution is -2.40. The van der Waals surface area contributed by atoms with Gasteiger partial charge in [0.2, 0.25) is 0 Å². The molecule has 0 saturated carbocycles. The SMILES string of the molecule is CCN(c1ccccc1)S(=O)(=O)c1cccc(C(=O)N2CCC(C(=O)OC)CC2)c1. The Morgan fingerprint density at radius 1 is 1.07 bits per heavy atom. The number of rotatable bonds is 6. The molecule has 0 aromatic heterocycles. The Morgan fingerprint density at radius 3 is 2.33 bits per heavy atom. The molecule has 1 saturated heterocycles. The number of likely N-dealkylation sites (tertiary alicyclic amines) is 1. The minimum atomic E-state index is -3.81. The first-order valence-electron chi connectivity index (χ1n) is 9.93. The van der Waals surface area contributed by atoms with Gasteiger partial charge in [-0.1, -0.05) is 24.3 Å². The van der Waals surface area contributed by atoms with Gasteiger partial charge in [0.05, 0.1) is 23.6 Å². The average molecular weight is 431 g/mol. The van der Waals surface area contributed by atoms with Gasteiger partial charge in [-0.25, -0.2) is 8.42 Å². The zero-order valence-corrected chi connectivity index (χ0v) is 18.0. The average Bonchev–Trinajstić information content (AvgIpc) is 2.79. The summed E-state index contributed by atoms with van der Waals surface area (Å²) < 4.78 is 32.5. The number of nitrogens with zero attached hydrogens (tertiary/aromatic N) is 2. The molecule has 0 spiro atoms. The van der Waals surface area contributed by atoms with Gasteiger partial charge >= 0.3 is 5.97 Å². The number of ether oxygens (including phenoxy) is 1. The number of esters is 1. The van der Waals surface area contributed by atoms with E-state index in [2.05, 4.69) is 0 Å². The molecule has 1 aliphatic heterocycles. The normalized spacial score (nSPS) is 14.9. The van der Waals surface area contributed by atoms with Crippen molar-refractivity contribution < 1.29 is 22.7 Å². The van der Waals surface area contributed by atoms with Crippen LogP contribution in [-0.4, -0.2) is 51.9 Å². The molecule has 1 heterocycles. The molecule has 1 amide bonds. The first-order valence-corrected chi connectivity index (χ1v) is 11.4. The van der Waals surface area contributed by atoms with Crippen LogP contribution in [-0.2, 0) is 19.6 Å². The van der Waals surface area contributed by atoms with E-state index in [4.69, 9.17) is 4.74 Å². The molecule has 8 heteroatoms. The second-order valence-corrected chi connectivity index (χ2v) is 8.99. The number of hydrogen-bond acceptors (Lipinski definition) is 5. The van der Waals surface area contributed by atoms with E-state index in [0.717, 1.165) is 0 Å². The van der Waals surface area contributed by atoms with Crippen molar-refractivity contribution in [3.8, 4) is 0 Å². The summed E-state index contributed by atoms with van der Waals surface area (Å²) in [6.07, 6.45) is 1.07. The Labute approximate surface area is 177 Å². The number of sulfonamides is 1. The summed E-state index contributed by atoms with van der Waals surface area (Å²) in [5.74, 6) is -0.691. The molecule has 0 radical (unpaired) electrons. The third-order valence-electron chi connectivity index (χ3n) is 5.32. The molecule has 0 aliphatic carbocycles. The summed E-state index contributed by atoms with van der Waals surface area (Å²) in [6, 6.07) is 15.0. The second-order valence-electron chi connectivity index (χ2n) is 7.12. The highest BCUT2D eigenvalue weighted by atomic mass is 32.2. The molecule has 0 bridgehead atoms. The maximum Gasteiger partial charge on any atom is 0.308 e. The summed E-state index contributed by atoms with van der Waals surface area (Å²) in [4.78, 5) is 26.3. The fourth-order valence-electron chi connectivity index (χ4n) is 3.67. The van der Waals surface area contributed by atoms with E-state index in [9.17, 15) is 18.0 Å². The van der Waals surface area contributed by atoms with Gasteiger partial charge in [0.25, 0.3) is 15.9 Å². The molecule has 160 valence electrons. The Hall–Kier alpha value is -2.87. The van der Waals surface area contributed by atoms with Gasteiger partial charge in [0.1, 0.15) is 0 Å². The summed E-state index contributed by atoms with van der Waals surface area (Å²) >= 11 is 0.